The summed E-state index contributed by atoms with van der Waals surface area (Å²) in [5.74, 6) is 0.536. The van der Waals surface area contributed by atoms with Crippen LogP contribution in [0.2, 0.25) is 20.1 Å². The van der Waals surface area contributed by atoms with Crippen molar-refractivity contribution in [2.45, 2.75) is 150 Å². The molecule has 0 bridgehead atoms. The molecule has 0 unspecified atom stereocenters. The third-order valence-corrected chi connectivity index (χ3v) is 27.0. The Kier molecular flexibility index (Phi) is 29.3. The van der Waals surface area contributed by atoms with Gasteiger partial charge in [0, 0.05) is 107 Å². The molecule has 2 saturated carbocycles. The minimum Gasteiger partial charge on any atom is -0.361 e. The number of nitrogens with zero attached hydrogens (tertiary/aromatic N) is 4. The maximum Gasteiger partial charge on any atom is 0.416 e. The number of hydrogen-bond donors (Lipinski definition) is 6. The fourth-order valence-corrected chi connectivity index (χ4v) is 20.1. The Morgan fingerprint density at radius 2 is 0.893 bits per heavy atom. The number of carbonyl (C=O) groups is 3. The van der Waals surface area contributed by atoms with E-state index in [1.165, 1.54) is 127 Å². The molecule has 14 nitrogen and oxygen atoms in total. The number of benzene rings is 9. The van der Waals surface area contributed by atoms with E-state index in [1.54, 1.807) is 30.3 Å². The molecule has 1 aromatic heterocycles. The highest BCUT2D eigenvalue weighted by Crippen LogP contribution is 2.45. The zero-order chi connectivity index (χ0) is 85.8. The number of nitrogens with one attached hydrogen (secondary N) is 6. The molecule has 0 atom stereocenters. The van der Waals surface area contributed by atoms with Gasteiger partial charge < -0.3 is 40.4 Å². The monoisotopic (exact) mass is 1760 g/mol. The summed E-state index contributed by atoms with van der Waals surface area (Å²) in [6, 6.07) is 58.4. The van der Waals surface area contributed by atoms with Gasteiger partial charge in [0.05, 0.1) is 51.5 Å². The summed E-state index contributed by atoms with van der Waals surface area (Å²) in [4.78, 5) is 49.6. The van der Waals surface area contributed by atoms with Gasteiger partial charge in [-0.05, 0) is 247 Å². The van der Waals surface area contributed by atoms with Crippen LogP contribution in [0.1, 0.15) is 136 Å². The highest BCUT2D eigenvalue weighted by Gasteiger charge is 2.44. The summed E-state index contributed by atoms with van der Waals surface area (Å²) in [6.07, 6.45) is 9.21. The molecule has 2 aliphatic carbocycles. The number of aromatic amines is 1. The van der Waals surface area contributed by atoms with E-state index in [0.29, 0.717) is 75.8 Å². The Labute approximate surface area is 730 Å². The number of amides is 3. The van der Waals surface area contributed by atoms with Crippen molar-refractivity contribution in [3.63, 3.8) is 0 Å². The molecule has 6 N–H and O–H groups in total. The number of likely N-dealkylation sites (tertiary alicyclic amines) is 3. The Morgan fingerprint density at radius 1 is 0.459 bits per heavy atom. The molecular weight excluding hydrogens is 1670 g/mol. The summed E-state index contributed by atoms with van der Waals surface area (Å²) < 4.78 is 114. The molecule has 0 radical (unpaired) electrons. The summed E-state index contributed by atoms with van der Waals surface area (Å²) >= 11 is 26.0. The SMILES string of the molecule is N#Cc1cccc(-c2ccc(C3(OCC(=O)Nc4cc(Cl)cc(Cl)c4)CCN(C4CCSCC4)CC3)cc2)c1.O=C(CNC1(c2ccc(-c3cc(C(F)(F)F)cc(C(F)(F)F)c3)cc2)CCN(C2CCCC2)CC1)Nc1ccc(F)c(Cl)c1.O=C(CNC1(c2ccc(-c3ccc4[nH]ccc4c3)cc2)CCN(C2CCCC2)CC1)Nc1ccc(F)c(Cl)c1. The Balaban J connectivity index is 0.000000150. The van der Waals surface area contributed by atoms with Gasteiger partial charge in [0.1, 0.15) is 18.2 Å². The lowest BCUT2D eigenvalue weighted by Gasteiger charge is -2.45. The van der Waals surface area contributed by atoms with Crippen LogP contribution < -0.4 is 26.6 Å². The number of carbonyl (C=O) groups excluding carboxylic acids is 3. The lowest BCUT2D eigenvalue weighted by Crippen LogP contribution is -2.54. The summed E-state index contributed by atoms with van der Waals surface area (Å²) in [5, 5.41) is 26.7. The fraction of sp³-hybridized carbons (Fsp3) is 0.368. The van der Waals surface area contributed by atoms with Crippen LogP contribution in [0.15, 0.2) is 200 Å². The maximum atomic E-state index is 13.5. The van der Waals surface area contributed by atoms with E-state index >= 15 is 0 Å². The van der Waals surface area contributed by atoms with Crippen molar-refractivity contribution in [1.29, 1.82) is 5.26 Å². The molecule has 6 fully saturated rings. The van der Waals surface area contributed by atoms with Gasteiger partial charge in [-0.2, -0.15) is 43.4 Å². The molecule has 122 heavy (non-hydrogen) atoms. The van der Waals surface area contributed by atoms with Crippen molar-refractivity contribution < 1.29 is 54.2 Å². The molecule has 4 aliphatic heterocycles. The Bertz CT molecular complexity index is 5270. The lowest BCUT2D eigenvalue weighted by molar-refractivity contribution is -0.143. The predicted molar refractivity (Wildman–Crippen MR) is 472 cm³/mol. The first-order chi connectivity index (χ1) is 58.7. The van der Waals surface area contributed by atoms with Crippen LogP contribution in [0, 0.1) is 23.0 Å². The van der Waals surface area contributed by atoms with Gasteiger partial charge in [-0.15, -0.1) is 0 Å². The largest absolute Gasteiger partial charge is 0.416 e. The number of fused-ring (bicyclic) bond motifs is 1. The lowest BCUT2D eigenvalue weighted by atomic mass is 9.79. The maximum absolute atomic E-state index is 13.5. The van der Waals surface area contributed by atoms with E-state index in [0.717, 1.165) is 112 Å². The van der Waals surface area contributed by atoms with Crippen molar-refractivity contribution in [3.8, 4) is 39.4 Å². The van der Waals surface area contributed by atoms with Crippen molar-refractivity contribution in [2.24, 2.45) is 0 Å². The smallest absolute Gasteiger partial charge is 0.361 e. The normalized spacial score (nSPS) is 18.0. The van der Waals surface area contributed by atoms with Gasteiger partial charge in [0.2, 0.25) is 17.7 Å². The van der Waals surface area contributed by atoms with E-state index in [4.69, 9.17) is 51.1 Å². The van der Waals surface area contributed by atoms with Gasteiger partial charge in [-0.1, -0.05) is 163 Å². The van der Waals surface area contributed by atoms with Crippen LogP contribution in [-0.4, -0.2) is 126 Å². The van der Waals surface area contributed by atoms with Crippen molar-refractivity contribution in [2.75, 3.05) is 86.4 Å². The first-order valence-electron chi connectivity index (χ1n) is 41.6. The number of aromatic nitrogens is 1. The van der Waals surface area contributed by atoms with E-state index in [-0.39, 0.29) is 70.2 Å². The highest BCUT2D eigenvalue weighted by atomic mass is 35.5. The molecule has 27 heteroatoms. The second-order valence-corrected chi connectivity index (χ2v) is 35.5. The van der Waals surface area contributed by atoms with Crippen molar-refractivity contribution in [1.82, 2.24) is 30.3 Å². The average Bonchev–Trinajstić information content (AvgIpc) is 0.805. The van der Waals surface area contributed by atoms with Crippen LogP contribution in [0.4, 0.5) is 52.2 Å². The molecule has 10 aromatic rings. The first kappa shape index (κ1) is 89.4. The zero-order valence-corrected chi connectivity index (χ0v) is 71.1. The molecule has 9 aromatic carbocycles. The van der Waals surface area contributed by atoms with Gasteiger partial charge >= 0.3 is 12.4 Å². The average molecular weight is 1770 g/mol. The van der Waals surface area contributed by atoms with E-state index in [9.17, 15) is 54.8 Å². The van der Waals surface area contributed by atoms with Gasteiger partial charge in [0.15, 0.2) is 0 Å². The number of anilines is 3. The number of halogens is 12. The minimum atomic E-state index is -4.95. The van der Waals surface area contributed by atoms with Crippen LogP contribution in [0.25, 0.3) is 44.3 Å². The third kappa shape index (κ3) is 22.6. The van der Waals surface area contributed by atoms with Crippen LogP contribution in [-0.2, 0) is 48.2 Å². The molecule has 6 aliphatic rings. The van der Waals surface area contributed by atoms with Crippen molar-refractivity contribution >= 4 is 104 Å². The first-order valence-corrected chi connectivity index (χ1v) is 44.2. The molecular formula is C95H96Cl4F8N10O4S. The third-order valence-electron chi connectivity index (χ3n) is 24.9. The highest BCUT2D eigenvalue weighted by molar-refractivity contribution is 7.99. The van der Waals surface area contributed by atoms with Gasteiger partial charge in [-0.3, -0.25) is 25.0 Å². The summed E-state index contributed by atoms with van der Waals surface area (Å²) in [7, 11) is 0. The second kappa shape index (κ2) is 40.0. The number of H-pyrrole nitrogens is 1. The summed E-state index contributed by atoms with van der Waals surface area (Å²) in [5.41, 5.74) is 6.30. The summed E-state index contributed by atoms with van der Waals surface area (Å²) in [6.45, 7) is 5.41. The molecule has 3 amide bonds. The van der Waals surface area contributed by atoms with Crippen LogP contribution in [0.5, 0.6) is 0 Å². The fourth-order valence-electron chi connectivity index (χ4n) is 18.2. The van der Waals surface area contributed by atoms with E-state index < -0.39 is 46.3 Å². The second-order valence-electron chi connectivity index (χ2n) is 32.5. The number of thioether (sulfide) groups is 1. The number of piperidine rings is 3. The number of alkyl halides is 6. The zero-order valence-electron chi connectivity index (χ0n) is 67.2. The topological polar surface area (TPSA) is 170 Å². The Morgan fingerprint density at radius 3 is 1.36 bits per heavy atom. The van der Waals surface area contributed by atoms with Crippen LogP contribution >= 0.6 is 58.2 Å². The van der Waals surface area contributed by atoms with Gasteiger partial charge in [0.25, 0.3) is 0 Å². The number of nitriles is 1. The molecule has 0 spiro atoms. The number of rotatable bonds is 21. The predicted octanol–water partition coefficient (Wildman–Crippen LogP) is 23.1. The standard InChI is InChI=1S/C32H31ClF7N3O.C32H34ClFN4O.C31H31Cl2N3O2S/c33-27-18-25(9-10-28(27)34)42-29(44)19-41-30(11-13-43(14-12-30)26-3-1-2-4-26)22-7-5-20(6-8-22)21-15-23(31(35,36)37)17-24(16-21)32(38,39)40;33-28-20-26(10-11-29(28)34)37-31(39)21-36-32(14-17-38(18-15-32)27-3-1-2-4-27)25-8-5-22(6-9-25)23-7-12-30-24(19-23)13-16-35-30;32-26-17-27(33)19-28(18-26)35-30(37)21-38-31(10-12-36(13-11-31)29-8-14-39-15-9-29)25-6-4-23(5-7-25)24-3-1-2-22(16-24)20-34/h5-10,15-18,26,41H,1-4,11-14,19H2,(H,42,44);5-13,16,19-20,27,35-36H,1-4,14-15,17-18,21H2,(H,37,39);1-7,16-19,29H,8-15,21H2,(H,35,37). The van der Waals surface area contributed by atoms with Crippen molar-refractivity contribution in [3.05, 3.63) is 265 Å². The molecule has 640 valence electrons. The van der Waals surface area contributed by atoms with E-state index in [2.05, 4.69) is 125 Å². The minimum absolute atomic E-state index is 0.00717. The quantitative estimate of drug-likeness (QED) is 0.0379. The van der Waals surface area contributed by atoms with Crippen LogP contribution in [0.3, 0.4) is 0 Å². The molecule has 4 saturated heterocycles. The Hall–Kier alpha value is -8.87. The number of ether oxygens (including phenoxy) is 1. The molecule has 5 heterocycles. The number of hydrogen-bond acceptors (Lipinski definition) is 11. The van der Waals surface area contributed by atoms with Gasteiger partial charge in [-0.25, -0.2) is 8.78 Å². The van der Waals surface area contributed by atoms with E-state index in [1.807, 2.05) is 42.2 Å². The molecule has 16 rings (SSSR count).